The second-order valence-electron chi connectivity index (χ2n) is 2.14. The smallest absolute Gasteiger partial charge is 0.423 e. The maximum Gasteiger partial charge on any atom is 0.490 e. The third kappa shape index (κ3) is 1.95. The van der Waals surface area contributed by atoms with Gasteiger partial charge in [0, 0.05) is 9.94 Å². The molecular weight excluding hydrogens is 266 g/mol. The highest BCUT2D eigenvalue weighted by atomic mass is 79.9. The van der Waals surface area contributed by atoms with Gasteiger partial charge < -0.3 is 10.0 Å². The van der Waals surface area contributed by atoms with Crippen molar-refractivity contribution in [3.8, 4) is 0 Å². The summed E-state index contributed by atoms with van der Waals surface area (Å²) in [6.07, 6.45) is 0. The largest absolute Gasteiger partial charge is 0.490 e. The van der Waals surface area contributed by atoms with Crippen LogP contribution in [-0.2, 0) is 0 Å². The van der Waals surface area contributed by atoms with Gasteiger partial charge in [0.05, 0.1) is 10.0 Å². The van der Waals surface area contributed by atoms with E-state index in [9.17, 15) is 0 Å². The zero-order chi connectivity index (χ0) is 9.30. The van der Waals surface area contributed by atoms with Gasteiger partial charge in [0.15, 0.2) is 0 Å². The summed E-state index contributed by atoms with van der Waals surface area (Å²) in [6, 6.07) is 3.09. The molecule has 0 aliphatic carbocycles. The molecule has 64 valence electrons. The minimum atomic E-state index is -1.59. The third-order valence-electron chi connectivity index (χ3n) is 1.34. The van der Waals surface area contributed by atoms with Crippen molar-refractivity contribution in [3.63, 3.8) is 0 Å². The van der Waals surface area contributed by atoms with Crippen molar-refractivity contribution in [2.24, 2.45) is 0 Å². The Bertz CT molecular complexity index is 306. The molecule has 0 spiro atoms. The molecule has 2 nitrogen and oxygen atoms in total. The Morgan fingerprint density at radius 2 is 1.75 bits per heavy atom. The average molecular weight is 270 g/mol. The van der Waals surface area contributed by atoms with Crippen LogP contribution < -0.4 is 5.46 Å². The summed E-state index contributed by atoms with van der Waals surface area (Å²) in [5, 5.41) is 18.1. The van der Waals surface area contributed by atoms with Crippen LogP contribution in [0.1, 0.15) is 0 Å². The molecule has 0 aromatic heterocycles. The lowest BCUT2D eigenvalue weighted by Gasteiger charge is -2.05. The topological polar surface area (TPSA) is 40.5 Å². The zero-order valence-corrected chi connectivity index (χ0v) is 8.86. The van der Waals surface area contributed by atoms with E-state index in [1.807, 2.05) is 0 Å². The first-order valence-corrected chi connectivity index (χ1v) is 4.58. The van der Waals surface area contributed by atoms with Gasteiger partial charge in [-0.25, -0.2) is 0 Å². The summed E-state index contributed by atoms with van der Waals surface area (Å²) >= 11 is 14.6. The van der Waals surface area contributed by atoms with Crippen LogP contribution in [0.4, 0.5) is 0 Å². The molecule has 0 saturated heterocycles. The SMILES string of the molecule is OB(O)c1ccc(Br)c(Cl)c1Cl. The number of benzene rings is 1. The molecule has 0 fully saturated rings. The standard InChI is InChI=1S/C6H4BBrCl2O2/c8-4-2-1-3(7(11)12)5(9)6(4)10/h1-2,11-12H. The van der Waals surface area contributed by atoms with Gasteiger partial charge in [-0.05, 0) is 22.0 Å². The average Bonchev–Trinajstić information content (AvgIpc) is 2.00. The van der Waals surface area contributed by atoms with Crippen LogP contribution in [0.3, 0.4) is 0 Å². The molecular formula is C6H4BBrCl2O2. The monoisotopic (exact) mass is 268 g/mol. The van der Waals surface area contributed by atoms with Crippen LogP contribution in [-0.4, -0.2) is 17.2 Å². The molecule has 1 rings (SSSR count). The molecule has 1 aromatic rings. The Morgan fingerprint density at radius 3 is 2.25 bits per heavy atom. The summed E-state index contributed by atoms with van der Waals surface area (Å²) in [6.45, 7) is 0. The van der Waals surface area contributed by atoms with E-state index in [0.717, 1.165) is 0 Å². The molecule has 12 heavy (non-hydrogen) atoms. The van der Waals surface area contributed by atoms with E-state index in [4.69, 9.17) is 33.2 Å². The summed E-state index contributed by atoms with van der Waals surface area (Å²) in [7, 11) is -1.59. The fraction of sp³-hybridized carbons (Fsp3) is 0. The summed E-state index contributed by atoms with van der Waals surface area (Å²) in [4.78, 5) is 0. The molecule has 0 unspecified atom stereocenters. The molecule has 0 heterocycles. The first-order chi connectivity index (χ1) is 5.54. The number of hydrogen-bond donors (Lipinski definition) is 2. The van der Waals surface area contributed by atoms with Crippen molar-refractivity contribution < 1.29 is 10.0 Å². The van der Waals surface area contributed by atoms with Crippen molar-refractivity contribution in [2.45, 2.75) is 0 Å². The second-order valence-corrected chi connectivity index (χ2v) is 3.75. The van der Waals surface area contributed by atoms with Crippen LogP contribution in [0, 0.1) is 0 Å². The highest BCUT2D eigenvalue weighted by Crippen LogP contribution is 2.28. The lowest BCUT2D eigenvalue weighted by Crippen LogP contribution is -2.30. The van der Waals surface area contributed by atoms with Gasteiger partial charge in [0.2, 0.25) is 0 Å². The fourth-order valence-electron chi connectivity index (χ4n) is 0.740. The molecule has 1 aromatic carbocycles. The highest BCUT2D eigenvalue weighted by molar-refractivity contribution is 9.10. The van der Waals surface area contributed by atoms with E-state index in [-0.39, 0.29) is 15.5 Å². The first-order valence-electron chi connectivity index (χ1n) is 3.03. The summed E-state index contributed by atoms with van der Waals surface area (Å²) in [5.74, 6) is 0. The maximum absolute atomic E-state index is 8.82. The van der Waals surface area contributed by atoms with Crippen LogP contribution in [0.15, 0.2) is 16.6 Å². The Labute approximate surface area is 88.4 Å². The molecule has 0 aliphatic rings. The van der Waals surface area contributed by atoms with Gasteiger partial charge in [-0.15, -0.1) is 0 Å². The normalized spacial score (nSPS) is 10.1. The van der Waals surface area contributed by atoms with Gasteiger partial charge in [-0.1, -0.05) is 29.3 Å². The Hall–Kier alpha value is 0.265. The van der Waals surface area contributed by atoms with Crippen LogP contribution in [0.2, 0.25) is 10.0 Å². The number of hydrogen-bond acceptors (Lipinski definition) is 2. The predicted molar refractivity (Wildman–Crippen MR) is 54.0 cm³/mol. The Kier molecular flexibility index (Phi) is 3.43. The molecule has 0 amide bonds. The molecule has 0 aliphatic heterocycles. The van der Waals surface area contributed by atoms with E-state index in [0.29, 0.717) is 4.47 Å². The van der Waals surface area contributed by atoms with E-state index in [2.05, 4.69) is 15.9 Å². The van der Waals surface area contributed by atoms with Crippen molar-refractivity contribution >= 4 is 51.7 Å². The quantitative estimate of drug-likeness (QED) is 0.598. The Morgan fingerprint density at radius 1 is 1.17 bits per heavy atom. The summed E-state index contributed by atoms with van der Waals surface area (Å²) < 4.78 is 0.624. The van der Waals surface area contributed by atoms with Crippen LogP contribution >= 0.6 is 39.1 Å². The van der Waals surface area contributed by atoms with Crippen molar-refractivity contribution in [2.75, 3.05) is 0 Å². The summed E-state index contributed by atoms with van der Waals surface area (Å²) in [5.41, 5.74) is 0.199. The lowest BCUT2D eigenvalue weighted by molar-refractivity contribution is 0.426. The molecule has 0 saturated carbocycles. The fourth-order valence-corrected chi connectivity index (χ4v) is 1.62. The Balaban J connectivity index is 3.27. The zero-order valence-electron chi connectivity index (χ0n) is 5.76. The van der Waals surface area contributed by atoms with E-state index >= 15 is 0 Å². The van der Waals surface area contributed by atoms with Crippen molar-refractivity contribution in [3.05, 3.63) is 26.7 Å². The highest BCUT2D eigenvalue weighted by Gasteiger charge is 2.18. The van der Waals surface area contributed by atoms with Crippen LogP contribution in [0.5, 0.6) is 0 Å². The molecule has 0 radical (unpaired) electrons. The van der Waals surface area contributed by atoms with Gasteiger partial charge in [-0.3, -0.25) is 0 Å². The second kappa shape index (κ2) is 3.98. The molecule has 0 bridgehead atoms. The third-order valence-corrected chi connectivity index (χ3v) is 3.13. The van der Waals surface area contributed by atoms with Crippen molar-refractivity contribution in [1.82, 2.24) is 0 Å². The van der Waals surface area contributed by atoms with Crippen LogP contribution in [0.25, 0.3) is 0 Å². The van der Waals surface area contributed by atoms with Crippen molar-refractivity contribution in [1.29, 1.82) is 0 Å². The van der Waals surface area contributed by atoms with E-state index in [1.165, 1.54) is 6.07 Å². The minimum absolute atomic E-state index is 0.154. The van der Waals surface area contributed by atoms with Gasteiger partial charge >= 0.3 is 7.12 Å². The van der Waals surface area contributed by atoms with Gasteiger partial charge in [-0.2, -0.15) is 0 Å². The molecule has 6 heteroatoms. The first kappa shape index (κ1) is 10.3. The van der Waals surface area contributed by atoms with E-state index in [1.54, 1.807) is 6.07 Å². The number of rotatable bonds is 1. The lowest BCUT2D eigenvalue weighted by atomic mass is 9.80. The maximum atomic E-state index is 8.82. The molecule has 0 atom stereocenters. The van der Waals surface area contributed by atoms with Gasteiger partial charge in [0.1, 0.15) is 0 Å². The predicted octanol–water partition coefficient (Wildman–Crippen LogP) is 1.44. The minimum Gasteiger partial charge on any atom is -0.423 e. The molecule has 2 N–H and O–H groups in total. The number of halogens is 3. The van der Waals surface area contributed by atoms with Gasteiger partial charge in [0.25, 0.3) is 0 Å². The van der Waals surface area contributed by atoms with E-state index < -0.39 is 7.12 Å².